The van der Waals surface area contributed by atoms with Crippen LogP contribution in [0.2, 0.25) is 0 Å². The molecule has 0 saturated carbocycles. The number of rotatable bonds is 5. The first-order valence-electron chi connectivity index (χ1n) is 8.16. The summed E-state index contributed by atoms with van der Waals surface area (Å²) in [5.41, 5.74) is 0.208. The summed E-state index contributed by atoms with van der Waals surface area (Å²) in [6.07, 6.45) is 0. The third kappa shape index (κ3) is 5.93. The summed E-state index contributed by atoms with van der Waals surface area (Å²) in [6, 6.07) is 8.73. The predicted octanol–water partition coefficient (Wildman–Crippen LogP) is 2.86. The Bertz CT molecular complexity index is 840. The van der Waals surface area contributed by atoms with E-state index in [0.29, 0.717) is 5.56 Å². The van der Waals surface area contributed by atoms with E-state index in [1.165, 1.54) is 38.1 Å². The second-order valence-corrected chi connectivity index (χ2v) is 5.56. The largest absolute Gasteiger partial charge is 0.508 e. The summed E-state index contributed by atoms with van der Waals surface area (Å²) in [5, 5.41) is 27.1. The lowest BCUT2D eigenvalue weighted by Gasteiger charge is -2.11. The molecule has 0 fully saturated rings. The number of hydrogen-bond donors (Lipinski definition) is 3. The van der Waals surface area contributed by atoms with E-state index in [1.54, 1.807) is 19.1 Å². The summed E-state index contributed by atoms with van der Waals surface area (Å²) >= 11 is 0. The standard InChI is InChI=1S/C18H16O6.C2H6O/c1-10(19)14-6-7-15(17(22)16(14)11(2)20)18(23)24-9-12-4-3-5-13(21)8-12;1-2-3/h3-8,21-22H,9H2,1-2H3;3H,2H2,1H3. The quantitative estimate of drug-likeness (QED) is 0.543. The number of carbonyl (C=O) groups excluding carboxylic acids is 3. The zero-order valence-electron chi connectivity index (χ0n) is 15.4. The van der Waals surface area contributed by atoms with Gasteiger partial charge in [-0.25, -0.2) is 4.79 Å². The lowest BCUT2D eigenvalue weighted by atomic mass is 9.97. The van der Waals surface area contributed by atoms with Gasteiger partial charge in [0.1, 0.15) is 23.7 Å². The lowest BCUT2D eigenvalue weighted by molar-refractivity contribution is 0.0468. The summed E-state index contributed by atoms with van der Waals surface area (Å²) < 4.78 is 5.08. The van der Waals surface area contributed by atoms with Crippen LogP contribution in [0.4, 0.5) is 0 Å². The third-order valence-corrected chi connectivity index (χ3v) is 3.41. The van der Waals surface area contributed by atoms with Gasteiger partial charge in [-0.2, -0.15) is 0 Å². The minimum Gasteiger partial charge on any atom is -0.508 e. The van der Waals surface area contributed by atoms with E-state index in [4.69, 9.17) is 9.84 Å². The van der Waals surface area contributed by atoms with Crippen LogP contribution < -0.4 is 0 Å². The molecule has 2 aromatic carbocycles. The highest BCUT2D eigenvalue weighted by atomic mass is 16.5. The van der Waals surface area contributed by atoms with Crippen molar-refractivity contribution < 1.29 is 34.4 Å². The molecule has 0 unspecified atom stereocenters. The number of carbonyl (C=O) groups is 3. The monoisotopic (exact) mass is 374 g/mol. The van der Waals surface area contributed by atoms with Crippen LogP contribution in [0.5, 0.6) is 11.5 Å². The number of aliphatic hydroxyl groups excluding tert-OH is 1. The molecule has 2 aromatic rings. The van der Waals surface area contributed by atoms with Crippen molar-refractivity contribution in [2.24, 2.45) is 0 Å². The Morgan fingerprint density at radius 2 is 1.56 bits per heavy atom. The summed E-state index contributed by atoms with van der Waals surface area (Å²) in [6.45, 7) is 4.28. The SMILES string of the molecule is CC(=O)c1ccc(C(=O)OCc2cccc(O)c2)c(O)c1C(C)=O.CCO. The van der Waals surface area contributed by atoms with Gasteiger partial charge < -0.3 is 20.1 Å². The fourth-order valence-electron chi connectivity index (χ4n) is 2.28. The minimum atomic E-state index is -0.839. The normalized spacial score (nSPS) is 9.78. The van der Waals surface area contributed by atoms with Crippen LogP contribution in [0, 0.1) is 0 Å². The van der Waals surface area contributed by atoms with Gasteiger partial charge in [0.05, 0.1) is 5.56 Å². The van der Waals surface area contributed by atoms with Crippen molar-refractivity contribution in [3.63, 3.8) is 0 Å². The molecule has 0 aromatic heterocycles. The number of Topliss-reactive ketones (excluding diaryl/α,β-unsaturated/α-hetero) is 2. The first kappa shape index (κ1) is 21.9. The zero-order valence-corrected chi connectivity index (χ0v) is 15.4. The van der Waals surface area contributed by atoms with Crippen LogP contribution in [0.3, 0.4) is 0 Å². The van der Waals surface area contributed by atoms with Crippen LogP contribution in [0.1, 0.15) is 57.4 Å². The van der Waals surface area contributed by atoms with Crippen LogP contribution in [0.15, 0.2) is 36.4 Å². The highest BCUT2D eigenvalue weighted by Gasteiger charge is 2.23. The molecule has 3 N–H and O–H groups in total. The molecule has 0 amide bonds. The maximum absolute atomic E-state index is 12.1. The molecule has 0 atom stereocenters. The van der Waals surface area contributed by atoms with E-state index in [0.717, 1.165) is 0 Å². The van der Waals surface area contributed by atoms with Crippen molar-refractivity contribution in [1.82, 2.24) is 0 Å². The van der Waals surface area contributed by atoms with E-state index >= 15 is 0 Å². The van der Waals surface area contributed by atoms with Gasteiger partial charge in [-0.3, -0.25) is 9.59 Å². The van der Waals surface area contributed by atoms with Crippen LogP contribution in [0.25, 0.3) is 0 Å². The van der Waals surface area contributed by atoms with Gasteiger partial charge in [0, 0.05) is 12.2 Å². The molecule has 0 aliphatic carbocycles. The second-order valence-electron chi connectivity index (χ2n) is 5.56. The number of aromatic hydroxyl groups is 2. The minimum absolute atomic E-state index is 0.0380. The van der Waals surface area contributed by atoms with Crippen molar-refractivity contribution in [3.8, 4) is 11.5 Å². The number of ether oxygens (including phenoxy) is 1. The van der Waals surface area contributed by atoms with Gasteiger partial charge in [-0.1, -0.05) is 12.1 Å². The number of phenolic OH excluding ortho intramolecular Hbond substituents is 2. The molecule has 0 heterocycles. The number of ketones is 2. The molecule has 2 rings (SSSR count). The second kappa shape index (κ2) is 10.1. The van der Waals surface area contributed by atoms with E-state index in [-0.39, 0.29) is 35.7 Å². The molecule has 7 nitrogen and oxygen atoms in total. The Labute approximate surface area is 156 Å². The van der Waals surface area contributed by atoms with Gasteiger partial charge in [-0.15, -0.1) is 0 Å². The zero-order chi connectivity index (χ0) is 20.6. The predicted molar refractivity (Wildman–Crippen MR) is 98.1 cm³/mol. The number of hydrogen-bond acceptors (Lipinski definition) is 7. The van der Waals surface area contributed by atoms with Gasteiger partial charge in [-0.05, 0) is 50.6 Å². The summed E-state index contributed by atoms with van der Waals surface area (Å²) in [4.78, 5) is 35.4. The van der Waals surface area contributed by atoms with E-state index in [2.05, 4.69) is 0 Å². The first-order chi connectivity index (χ1) is 12.7. The van der Waals surface area contributed by atoms with Gasteiger partial charge >= 0.3 is 5.97 Å². The maximum Gasteiger partial charge on any atom is 0.342 e. The number of esters is 1. The molecule has 7 heteroatoms. The molecule has 0 radical (unpaired) electrons. The van der Waals surface area contributed by atoms with Crippen LogP contribution in [-0.2, 0) is 11.3 Å². The Balaban J connectivity index is 0.00000114. The first-order valence-corrected chi connectivity index (χ1v) is 8.16. The average molecular weight is 374 g/mol. The lowest BCUT2D eigenvalue weighted by Crippen LogP contribution is -2.11. The van der Waals surface area contributed by atoms with Crippen molar-refractivity contribution in [2.45, 2.75) is 27.4 Å². The Morgan fingerprint density at radius 1 is 0.963 bits per heavy atom. The van der Waals surface area contributed by atoms with Crippen LogP contribution >= 0.6 is 0 Å². The number of benzene rings is 2. The third-order valence-electron chi connectivity index (χ3n) is 3.41. The van der Waals surface area contributed by atoms with Crippen molar-refractivity contribution in [1.29, 1.82) is 0 Å². The van der Waals surface area contributed by atoms with Crippen molar-refractivity contribution in [2.75, 3.05) is 6.61 Å². The molecule has 144 valence electrons. The number of phenols is 2. The maximum atomic E-state index is 12.1. The summed E-state index contributed by atoms with van der Waals surface area (Å²) in [5.74, 6) is -2.30. The van der Waals surface area contributed by atoms with Crippen molar-refractivity contribution in [3.05, 3.63) is 58.7 Å². The molecule has 0 bridgehead atoms. The van der Waals surface area contributed by atoms with E-state index in [9.17, 15) is 24.6 Å². The molecule has 0 aliphatic heterocycles. The molecule has 27 heavy (non-hydrogen) atoms. The topological polar surface area (TPSA) is 121 Å². The van der Waals surface area contributed by atoms with Gasteiger partial charge in [0.25, 0.3) is 0 Å². The highest BCUT2D eigenvalue weighted by Crippen LogP contribution is 2.28. The Hall–Kier alpha value is -3.19. The Kier molecular flexibility index (Phi) is 8.16. The molecule has 0 aliphatic rings. The van der Waals surface area contributed by atoms with E-state index < -0.39 is 23.3 Å². The molecular formula is C20H22O7. The van der Waals surface area contributed by atoms with Gasteiger partial charge in [0.15, 0.2) is 11.6 Å². The molecule has 0 spiro atoms. The average Bonchev–Trinajstić information content (AvgIpc) is 2.59. The smallest absolute Gasteiger partial charge is 0.342 e. The van der Waals surface area contributed by atoms with Crippen molar-refractivity contribution >= 4 is 17.5 Å². The number of aliphatic hydroxyl groups is 1. The van der Waals surface area contributed by atoms with E-state index in [1.807, 2.05) is 0 Å². The molecule has 0 saturated heterocycles. The van der Waals surface area contributed by atoms with Crippen LogP contribution in [-0.4, -0.2) is 39.5 Å². The highest BCUT2D eigenvalue weighted by molar-refractivity contribution is 6.11. The fourth-order valence-corrected chi connectivity index (χ4v) is 2.28. The fraction of sp³-hybridized carbons (Fsp3) is 0.250. The summed E-state index contributed by atoms with van der Waals surface area (Å²) in [7, 11) is 0. The Morgan fingerprint density at radius 3 is 2.07 bits per heavy atom. The molecular weight excluding hydrogens is 352 g/mol. The van der Waals surface area contributed by atoms with Gasteiger partial charge in [0.2, 0.25) is 0 Å².